The summed E-state index contributed by atoms with van der Waals surface area (Å²) in [4.78, 5) is 6.05. The molecule has 3 rings (SSSR count). The molecule has 1 atom stereocenters. The van der Waals surface area contributed by atoms with Crippen molar-refractivity contribution < 1.29 is 5.11 Å². The van der Waals surface area contributed by atoms with E-state index >= 15 is 0 Å². The van der Waals surface area contributed by atoms with Crippen LogP contribution in [0.3, 0.4) is 0 Å². The number of hydrogen-bond acceptors (Lipinski definition) is 4. The van der Waals surface area contributed by atoms with Crippen LogP contribution in [0.15, 0.2) is 0 Å². The Morgan fingerprint density at radius 3 is 2.89 bits per heavy atom. The van der Waals surface area contributed by atoms with Crippen molar-refractivity contribution in [2.75, 3.05) is 6.54 Å². The number of thiazole rings is 1. The summed E-state index contributed by atoms with van der Waals surface area (Å²) in [5, 5.41) is 15.4. The summed E-state index contributed by atoms with van der Waals surface area (Å²) in [6.45, 7) is 2.84. The van der Waals surface area contributed by atoms with Gasteiger partial charge in [0.1, 0.15) is 0 Å². The van der Waals surface area contributed by atoms with Crippen molar-refractivity contribution in [2.45, 2.75) is 69.9 Å². The van der Waals surface area contributed by atoms with Crippen LogP contribution in [0.1, 0.15) is 66.6 Å². The number of fused-ring (bicyclic) bond motifs is 1. The normalized spacial score (nSPS) is 26.1. The average molecular weight is 280 g/mol. The quantitative estimate of drug-likeness (QED) is 0.894. The van der Waals surface area contributed by atoms with Gasteiger partial charge in [0.15, 0.2) is 0 Å². The Kier molecular flexibility index (Phi) is 3.92. The van der Waals surface area contributed by atoms with Crippen LogP contribution in [0, 0.1) is 6.92 Å². The molecule has 106 valence electrons. The fourth-order valence-corrected chi connectivity index (χ4v) is 4.52. The maximum Gasteiger partial charge on any atom is 0.0900 e. The van der Waals surface area contributed by atoms with E-state index in [4.69, 9.17) is 0 Å². The lowest BCUT2D eigenvalue weighted by molar-refractivity contribution is 0.00223. The summed E-state index contributed by atoms with van der Waals surface area (Å²) < 4.78 is 0. The summed E-state index contributed by atoms with van der Waals surface area (Å²) in [7, 11) is 0. The predicted molar refractivity (Wildman–Crippen MR) is 78.6 cm³/mol. The second kappa shape index (κ2) is 5.51. The van der Waals surface area contributed by atoms with Gasteiger partial charge in [-0.2, -0.15) is 0 Å². The first-order valence-corrected chi connectivity index (χ1v) is 8.40. The third-order valence-corrected chi connectivity index (χ3v) is 5.65. The van der Waals surface area contributed by atoms with Crippen LogP contribution in [-0.4, -0.2) is 22.2 Å². The van der Waals surface area contributed by atoms with Gasteiger partial charge in [0.2, 0.25) is 0 Å². The van der Waals surface area contributed by atoms with E-state index in [1.54, 1.807) is 0 Å². The van der Waals surface area contributed by atoms with Gasteiger partial charge in [-0.25, -0.2) is 4.98 Å². The van der Waals surface area contributed by atoms with Crippen molar-refractivity contribution >= 4 is 11.3 Å². The smallest absolute Gasteiger partial charge is 0.0900 e. The highest BCUT2D eigenvalue weighted by molar-refractivity contribution is 7.11. The fraction of sp³-hybridized carbons (Fsp3) is 0.800. The standard InChI is InChI=1S/C15H24N2OS/c1-11-17-13-7-5-6-12(14(13)19-11)16-10-15(18)8-3-2-4-9-15/h12,16,18H,2-10H2,1H3. The van der Waals surface area contributed by atoms with Gasteiger partial charge >= 0.3 is 0 Å². The van der Waals surface area contributed by atoms with Gasteiger partial charge < -0.3 is 10.4 Å². The van der Waals surface area contributed by atoms with Crippen LogP contribution in [0.4, 0.5) is 0 Å². The van der Waals surface area contributed by atoms with Gasteiger partial charge in [-0.05, 0) is 39.0 Å². The molecule has 19 heavy (non-hydrogen) atoms. The van der Waals surface area contributed by atoms with E-state index in [0.717, 1.165) is 25.8 Å². The van der Waals surface area contributed by atoms with Gasteiger partial charge in [0, 0.05) is 17.5 Å². The minimum absolute atomic E-state index is 0.418. The van der Waals surface area contributed by atoms with Crippen LogP contribution >= 0.6 is 11.3 Å². The molecule has 0 aliphatic heterocycles. The van der Waals surface area contributed by atoms with E-state index in [-0.39, 0.29) is 0 Å². The molecule has 2 aliphatic rings. The molecule has 3 nitrogen and oxygen atoms in total. The van der Waals surface area contributed by atoms with E-state index in [0.29, 0.717) is 6.04 Å². The van der Waals surface area contributed by atoms with Crippen LogP contribution in [0.2, 0.25) is 0 Å². The molecule has 2 aliphatic carbocycles. The molecule has 0 bridgehead atoms. The molecule has 0 radical (unpaired) electrons. The second-order valence-electron chi connectivity index (χ2n) is 6.15. The molecular formula is C15H24N2OS. The van der Waals surface area contributed by atoms with Gasteiger partial charge in [-0.3, -0.25) is 0 Å². The third-order valence-electron chi connectivity index (χ3n) is 4.52. The molecule has 4 heteroatoms. The highest BCUT2D eigenvalue weighted by Crippen LogP contribution is 2.35. The van der Waals surface area contributed by atoms with Gasteiger partial charge in [0.25, 0.3) is 0 Å². The van der Waals surface area contributed by atoms with Crippen molar-refractivity contribution in [2.24, 2.45) is 0 Å². The van der Waals surface area contributed by atoms with Gasteiger partial charge in [0.05, 0.1) is 16.3 Å². The lowest BCUT2D eigenvalue weighted by Crippen LogP contribution is -2.43. The zero-order valence-electron chi connectivity index (χ0n) is 11.7. The highest BCUT2D eigenvalue weighted by Gasteiger charge is 2.31. The molecule has 1 saturated carbocycles. The number of aromatic nitrogens is 1. The average Bonchev–Trinajstić information content (AvgIpc) is 2.78. The number of aryl methyl sites for hydroxylation is 2. The van der Waals surface area contributed by atoms with Crippen molar-refractivity contribution in [3.63, 3.8) is 0 Å². The summed E-state index contributed by atoms with van der Waals surface area (Å²) in [6.07, 6.45) is 9.08. The van der Waals surface area contributed by atoms with E-state index in [2.05, 4.69) is 17.2 Å². The van der Waals surface area contributed by atoms with Crippen LogP contribution in [0.5, 0.6) is 0 Å². The van der Waals surface area contributed by atoms with Crippen molar-refractivity contribution in [1.29, 1.82) is 0 Å². The maximum absolute atomic E-state index is 10.6. The zero-order valence-corrected chi connectivity index (χ0v) is 12.6. The largest absolute Gasteiger partial charge is 0.389 e. The van der Waals surface area contributed by atoms with Crippen molar-refractivity contribution in [1.82, 2.24) is 10.3 Å². The molecule has 1 fully saturated rings. The Labute approximate surface area is 119 Å². The Bertz CT molecular complexity index is 437. The number of hydrogen-bond donors (Lipinski definition) is 2. The van der Waals surface area contributed by atoms with Crippen LogP contribution in [-0.2, 0) is 6.42 Å². The fourth-order valence-electron chi connectivity index (χ4n) is 3.44. The first kappa shape index (κ1) is 13.5. The molecule has 0 spiro atoms. The van der Waals surface area contributed by atoms with Crippen molar-refractivity contribution in [3.05, 3.63) is 15.6 Å². The first-order valence-electron chi connectivity index (χ1n) is 7.58. The predicted octanol–water partition coefficient (Wildman–Crippen LogP) is 3.11. The monoisotopic (exact) mass is 280 g/mol. The number of nitrogens with one attached hydrogen (secondary N) is 1. The summed E-state index contributed by atoms with van der Waals surface area (Å²) in [6, 6.07) is 0.418. The van der Waals surface area contributed by atoms with Crippen molar-refractivity contribution in [3.8, 4) is 0 Å². The second-order valence-corrected chi connectivity index (χ2v) is 7.39. The number of nitrogens with zero attached hydrogens (tertiary/aromatic N) is 1. The molecule has 1 aromatic rings. The number of aliphatic hydroxyl groups is 1. The van der Waals surface area contributed by atoms with Crippen LogP contribution < -0.4 is 5.32 Å². The minimum atomic E-state index is -0.463. The lowest BCUT2D eigenvalue weighted by atomic mass is 9.84. The molecule has 1 unspecified atom stereocenters. The zero-order chi connectivity index (χ0) is 13.3. The topological polar surface area (TPSA) is 45.2 Å². The SMILES string of the molecule is Cc1nc2c(s1)C(NCC1(O)CCCCC1)CCC2. The Morgan fingerprint density at radius 2 is 2.11 bits per heavy atom. The third kappa shape index (κ3) is 3.01. The molecule has 0 saturated heterocycles. The molecular weight excluding hydrogens is 256 g/mol. The van der Waals surface area contributed by atoms with Gasteiger partial charge in [-0.1, -0.05) is 19.3 Å². The summed E-state index contributed by atoms with van der Waals surface area (Å²) in [5.74, 6) is 0. The Balaban J connectivity index is 1.64. The first-order chi connectivity index (χ1) is 9.16. The van der Waals surface area contributed by atoms with E-state index in [9.17, 15) is 5.11 Å². The Hall–Kier alpha value is -0.450. The molecule has 1 aromatic heterocycles. The summed E-state index contributed by atoms with van der Waals surface area (Å²) in [5.41, 5.74) is 0.831. The maximum atomic E-state index is 10.6. The van der Waals surface area contributed by atoms with Gasteiger partial charge in [-0.15, -0.1) is 11.3 Å². The van der Waals surface area contributed by atoms with E-state index in [1.165, 1.54) is 47.7 Å². The highest BCUT2D eigenvalue weighted by atomic mass is 32.1. The lowest BCUT2D eigenvalue weighted by Gasteiger charge is -2.34. The number of rotatable bonds is 3. The molecule has 2 N–H and O–H groups in total. The molecule has 1 heterocycles. The van der Waals surface area contributed by atoms with E-state index < -0.39 is 5.60 Å². The molecule has 0 amide bonds. The minimum Gasteiger partial charge on any atom is -0.389 e. The van der Waals surface area contributed by atoms with E-state index in [1.807, 2.05) is 11.3 Å². The molecule has 0 aromatic carbocycles. The summed E-state index contributed by atoms with van der Waals surface area (Å²) >= 11 is 1.83. The Morgan fingerprint density at radius 1 is 1.32 bits per heavy atom. The van der Waals surface area contributed by atoms with Crippen LogP contribution in [0.25, 0.3) is 0 Å².